The van der Waals surface area contributed by atoms with E-state index in [0.29, 0.717) is 5.41 Å². The topological polar surface area (TPSA) is 18.5 Å². The molecular weight excluding hydrogens is 332 g/mol. The Kier molecular flexibility index (Phi) is 4.49. The van der Waals surface area contributed by atoms with Crippen molar-refractivity contribution < 1.29 is 9.47 Å². The largest absolute Gasteiger partial charge is 0.493 e. The van der Waals surface area contributed by atoms with E-state index in [1.165, 1.54) is 22.3 Å². The monoisotopic (exact) mass is 364 g/mol. The second-order valence-electron chi connectivity index (χ2n) is 10.2. The molecule has 2 aliphatic rings. The van der Waals surface area contributed by atoms with E-state index in [2.05, 4.69) is 71.0 Å². The van der Waals surface area contributed by atoms with Crippen molar-refractivity contribution in [3.8, 4) is 11.5 Å². The summed E-state index contributed by atoms with van der Waals surface area (Å²) < 4.78 is 12.1. The summed E-state index contributed by atoms with van der Waals surface area (Å²) in [6, 6.07) is 13.5. The van der Waals surface area contributed by atoms with Crippen molar-refractivity contribution >= 4 is 0 Å². The number of rotatable bonds is 4. The van der Waals surface area contributed by atoms with Crippen molar-refractivity contribution in [1.29, 1.82) is 0 Å². The molecule has 0 unspecified atom stereocenters. The van der Waals surface area contributed by atoms with Crippen LogP contribution in [0.25, 0.3) is 0 Å². The quantitative estimate of drug-likeness (QED) is 0.684. The van der Waals surface area contributed by atoms with Gasteiger partial charge in [-0.25, -0.2) is 0 Å². The summed E-state index contributed by atoms with van der Waals surface area (Å²) in [5.41, 5.74) is 5.84. The molecule has 0 saturated heterocycles. The average Bonchev–Trinajstić information content (AvgIpc) is 3.18. The van der Waals surface area contributed by atoms with Crippen molar-refractivity contribution in [3.63, 3.8) is 0 Å². The van der Waals surface area contributed by atoms with Gasteiger partial charge in [-0.05, 0) is 52.6 Å². The first-order valence-electron chi connectivity index (χ1n) is 10.2. The van der Waals surface area contributed by atoms with Crippen LogP contribution in [0.15, 0.2) is 36.4 Å². The molecule has 0 aromatic heterocycles. The fourth-order valence-electron chi connectivity index (χ4n) is 4.42. The summed E-state index contributed by atoms with van der Waals surface area (Å²) >= 11 is 0. The average molecular weight is 365 g/mol. The summed E-state index contributed by atoms with van der Waals surface area (Å²) in [6.45, 7) is 12.4. The van der Waals surface area contributed by atoms with Crippen molar-refractivity contribution in [1.82, 2.24) is 0 Å². The van der Waals surface area contributed by atoms with Crippen LogP contribution >= 0.6 is 0 Å². The molecule has 2 nitrogen and oxygen atoms in total. The van der Waals surface area contributed by atoms with Gasteiger partial charge >= 0.3 is 0 Å². The van der Waals surface area contributed by atoms with Gasteiger partial charge < -0.3 is 9.47 Å². The molecule has 0 amide bonds. The molecule has 27 heavy (non-hydrogen) atoms. The second kappa shape index (κ2) is 6.58. The van der Waals surface area contributed by atoms with Crippen molar-refractivity contribution in [3.05, 3.63) is 58.7 Å². The summed E-state index contributed by atoms with van der Waals surface area (Å²) in [6.07, 6.45) is 4.35. The summed E-state index contributed by atoms with van der Waals surface area (Å²) in [5, 5.41) is 0. The Balaban J connectivity index is 1.48. The van der Waals surface area contributed by atoms with Crippen LogP contribution in [0.5, 0.6) is 11.5 Å². The standard InChI is InChI=1S/C25H32O2/c1-24(2,3)15-17-7-9-21-20(12-17)14-23(27-21)25(4,5)16-18-6-8-19-10-11-26-22(19)13-18/h6-9,12-13,23H,10-11,14-16H2,1-5H3/t23-/m0/s1. The molecule has 0 saturated carbocycles. The van der Waals surface area contributed by atoms with E-state index in [0.717, 1.165) is 43.8 Å². The minimum atomic E-state index is 0.0655. The highest BCUT2D eigenvalue weighted by atomic mass is 16.5. The third kappa shape index (κ3) is 4.00. The van der Waals surface area contributed by atoms with Crippen LogP contribution in [0.4, 0.5) is 0 Å². The number of hydrogen-bond donors (Lipinski definition) is 0. The molecule has 2 aromatic carbocycles. The lowest BCUT2D eigenvalue weighted by molar-refractivity contribution is 0.0935. The highest BCUT2D eigenvalue weighted by Gasteiger charge is 2.37. The van der Waals surface area contributed by atoms with Gasteiger partial charge in [0.05, 0.1) is 6.61 Å². The molecule has 2 aliphatic heterocycles. The predicted octanol–water partition coefficient (Wildman–Crippen LogP) is 5.78. The van der Waals surface area contributed by atoms with E-state index in [-0.39, 0.29) is 11.5 Å². The zero-order valence-electron chi connectivity index (χ0n) is 17.4. The van der Waals surface area contributed by atoms with E-state index in [9.17, 15) is 0 Å². The van der Waals surface area contributed by atoms with Crippen molar-refractivity contribution in [2.45, 2.75) is 66.4 Å². The van der Waals surface area contributed by atoms with Gasteiger partial charge in [0, 0.05) is 18.3 Å². The molecule has 2 aromatic rings. The van der Waals surface area contributed by atoms with E-state index in [1.54, 1.807) is 0 Å². The lowest BCUT2D eigenvalue weighted by Crippen LogP contribution is -2.35. The van der Waals surface area contributed by atoms with Gasteiger partial charge in [0.2, 0.25) is 0 Å². The SMILES string of the molecule is CC(C)(C)Cc1ccc2c(c1)C[C@@H](C(C)(C)Cc1ccc3c(c1)OCC3)O2. The number of fused-ring (bicyclic) bond motifs is 2. The van der Waals surface area contributed by atoms with Crippen molar-refractivity contribution in [2.24, 2.45) is 10.8 Å². The maximum absolute atomic E-state index is 6.39. The van der Waals surface area contributed by atoms with E-state index in [1.807, 2.05) is 0 Å². The predicted molar refractivity (Wildman–Crippen MR) is 111 cm³/mol. The number of benzene rings is 2. The first kappa shape index (κ1) is 18.4. The minimum Gasteiger partial charge on any atom is -0.493 e. The van der Waals surface area contributed by atoms with E-state index >= 15 is 0 Å². The van der Waals surface area contributed by atoms with Crippen LogP contribution in [0.3, 0.4) is 0 Å². The van der Waals surface area contributed by atoms with Gasteiger partial charge in [0.25, 0.3) is 0 Å². The fourth-order valence-corrected chi connectivity index (χ4v) is 4.42. The third-order valence-electron chi connectivity index (χ3n) is 5.83. The van der Waals surface area contributed by atoms with E-state index in [4.69, 9.17) is 9.47 Å². The molecule has 0 bridgehead atoms. The third-order valence-corrected chi connectivity index (χ3v) is 5.83. The summed E-state index contributed by atoms with van der Waals surface area (Å²) in [4.78, 5) is 0. The Morgan fingerprint density at radius 2 is 1.59 bits per heavy atom. The van der Waals surface area contributed by atoms with Crippen LogP contribution in [-0.4, -0.2) is 12.7 Å². The van der Waals surface area contributed by atoms with Gasteiger partial charge in [-0.2, -0.15) is 0 Å². The van der Waals surface area contributed by atoms with Crippen molar-refractivity contribution in [2.75, 3.05) is 6.61 Å². The molecule has 0 N–H and O–H groups in total. The molecule has 0 fully saturated rings. The molecule has 0 radical (unpaired) electrons. The minimum absolute atomic E-state index is 0.0655. The van der Waals surface area contributed by atoms with Crippen LogP contribution < -0.4 is 9.47 Å². The highest BCUT2D eigenvalue weighted by molar-refractivity contribution is 5.43. The number of hydrogen-bond acceptors (Lipinski definition) is 2. The van der Waals surface area contributed by atoms with Gasteiger partial charge in [-0.1, -0.05) is 58.9 Å². The first-order chi connectivity index (χ1) is 12.7. The molecule has 2 heterocycles. The van der Waals surface area contributed by atoms with Crippen LogP contribution in [0.1, 0.15) is 56.9 Å². The zero-order valence-corrected chi connectivity index (χ0v) is 17.4. The molecule has 2 heteroatoms. The molecular formula is C25H32O2. The lowest BCUT2D eigenvalue weighted by atomic mass is 9.78. The Hall–Kier alpha value is -1.96. The van der Waals surface area contributed by atoms with E-state index < -0.39 is 0 Å². The van der Waals surface area contributed by atoms with Gasteiger partial charge in [-0.15, -0.1) is 0 Å². The Morgan fingerprint density at radius 3 is 2.37 bits per heavy atom. The fraction of sp³-hybridized carbons (Fsp3) is 0.520. The first-order valence-corrected chi connectivity index (χ1v) is 10.2. The Labute approximate surface area is 163 Å². The Bertz CT molecular complexity index is 842. The maximum atomic E-state index is 6.39. The normalized spacial score (nSPS) is 18.6. The molecule has 1 atom stereocenters. The van der Waals surface area contributed by atoms with Crippen LogP contribution in [0, 0.1) is 10.8 Å². The Morgan fingerprint density at radius 1 is 0.852 bits per heavy atom. The summed E-state index contributed by atoms with van der Waals surface area (Å²) in [5.74, 6) is 2.15. The molecule has 4 rings (SSSR count). The molecule has 0 spiro atoms. The van der Waals surface area contributed by atoms with Crippen LogP contribution in [-0.2, 0) is 25.7 Å². The highest BCUT2D eigenvalue weighted by Crippen LogP contribution is 2.40. The van der Waals surface area contributed by atoms with Gasteiger partial charge in [0.15, 0.2) is 0 Å². The maximum Gasteiger partial charge on any atom is 0.123 e. The van der Waals surface area contributed by atoms with Gasteiger partial charge in [-0.3, -0.25) is 0 Å². The molecule has 0 aliphatic carbocycles. The zero-order chi connectivity index (χ0) is 19.2. The molecule has 144 valence electrons. The van der Waals surface area contributed by atoms with Crippen LogP contribution in [0.2, 0.25) is 0 Å². The number of ether oxygens (including phenoxy) is 2. The lowest BCUT2D eigenvalue weighted by Gasteiger charge is -2.31. The second-order valence-corrected chi connectivity index (χ2v) is 10.2. The smallest absolute Gasteiger partial charge is 0.123 e. The van der Waals surface area contributed by atoms with Gasteiger partial charge in [0.1, 0.15) is 17.6 Å². The summed E-state index contributed by atoms with van der Waals surface area (Å²) in [7, 11) is 0.